The Hall–Kier alpha value is -3.89. The Morgan fingerprint density at radius 2 is 1.87 bits per heavy atom. The maximum absolute atomic E-state index is 13.9. The van der Waals surface area contributed by atoms with Crippen molar-refractivity contribution in [2.75, 3.05) is 13.1 Å². The number of amides is 3. The molecule has 2 aromatic heterocycles. The van der Waals surface area contributed by atoms with Crippen LogP contribution in [0.5, 0.6) is 0 Å². The largest absolute Gasteiger partial charge is 0.353 e. The summed E-state index contributed by atoms with van der Waals surface area (Å²) in [4.78, 5) is 53.0. The van der Waals surface area contributed by atoms with E-state index in [1.165, 1.54) is 27.8 Å². The SMILES string of the molecule is O=C(CN1C(=O)CCC1=O)NCCn1ncc2c(=O)n(Cc3ccccc3F)cnc21. The van der Waals surface area contributed by atoms with Gasteiger partial charge in [0.25, 0.3) is 5.56 Å². The van der Waals surface area contributed by atoms with Crippen LogP contribution in [0.2, 0.25) is 0 Å². The number of nitrogens with zero attached hydrogens (tertiary/aromatic N) is 5. The molecule has 10 nitrogen and oxygen atoms in total. The fraction of sp³-hybridized carbons (Fsp3) is 0.300. The number of aromatic nitrogens is 4. The zero-order valence-electron chi connectivity index (χ0n) is 16.5. The number of fused-ring (bicyclic) bond motifs is 1. The highest BCUT2D eigenvalue weighted by Crippen LogP contribution is 2.11. The maximum Gasteiger partial charge on any atom is 0.264 e. The molecule has 1 N–H and O–H groups in total. The van der Waals surface area contributed by atoms with Gasteiger partial charge in [0, 0.05) is 24.9 Å². The van der Waals surface area contributed by atoms with Gasteiger partial charge < -0.3 is 5.32 Å². The van der Waals surface area contributed by atoms with Gasteiger partial charge >= 0.3 is 0 Å². The van der Waals surface area contributed by atoms with Crippen LogP contribution in [0.15, 0.2) is 41.6 Å². The van der Waals surface area contributed by atoms with E-state index < -0.39 is 11.7 Å². The third kappa shape index (κ3) is 4.20. The first-order chi connectivity index (χ1) is 14.9. The number of imide groups is 1. The molecule has 0 aliphatic carbocycles. The Morgan fingerprint density at radius 3 is 2.61 bits per heavy atom. The van der Waals surface area contributed by atoms with E-state index in [4.69, 9.17) is 0 Å². The van der Waals surface area contributed by atoms with Crippen molar-refractivity contribution in [3.8, 4) is 0 Å². The molecule has 0 saturated carbocycles. The molecule has 3 amide bonds. The van der Waals surface area contributed by atoms with E-state index in [0.717, 1.165) is 4.90 Å². The predicted molar refractivity (Wildman–Crippen MR) is 106 cm³/mol. The van der Waals surface area contributed by atoms with Gasteiger partial charge in [-0.15, -0.1) is 0 Å². The van der Waals surface area contributed by atoms with Gasteiger partial charge in [-0.05, 0) is 6.07 Å². The number of carbonyl (C=O) groups is 3. The molecule has 3 aromatic rings. The Balaban J connectivity index is 1.40. The molecule has 0 radical (unpaired) electrons. The van der Waals surface area contributed by atoms with Crippen molar-refractivity contribution < 1.29 is 18.8 Å². The first-order valence-corrected chi connectivity index (χ1v) is 9.68. The van der Waals surface area contributed by atoms with E-state index in [0.29, 0.717) is 11.2 Å². The summed E-state index contributed by atoms with van der Waals surface area (Å²) in [6.07, 6.45) is 2.97. The summed E-state index contributed by atoms with van der Waals surface area (Å²) in [5, 5.41) is 7.04. The van der Waals surface area contributed by atoms with Crippen LogP contribution in [0.1, 0.15) is 18.4 Å². The number of nitrogens with one attached hydrogen (secondary N) is 1. The molecule has 4 rings (SSSR count). The zero-order valence-corrected chi connectivity index (χ0v) is 16.5. The van der Waals surface area contributed by atoms with Crippen molar-refractivity contribution in [3.05, 3.63) is 58.5 Å². The number of benzene rings is 1. The summed E-state index contributed by atoms with van der Waals surface area (Å²) in [5.41, 5.74) is 0.361. The molecule has 0 spiro atoms. The monoisotopic (exact) mass is 426 g/mol. The molecule has 1 aromatic carbocycles. The lowest BCUT2D eigenvalue weighted by Gasteiger charge is -2.13. The van der Waals surface area contributed by atoms with Crippen molar-refractivity contribution >= 4 is 28.8 Å². The Labute approximate surface area is 175 Å². The van der Waals surface area contributed by atoms with E-state index in [1.807, 2.05) is 0 Å². The van der Waals surface area contributed by atoms with E-state index in [-0.39, 0.29) is 61.8 Å². The first-order valence-electron chi connectivity index (χ1n) is 9.68. The third-order valence-electron chi connectivity index (χ3n) is 5.02. The summed E-state index contributed by atoms with van der Waals surface area (Å²) in [6.45, 7) is 0.146. The van der Waals surface area contributed by atoms with E-state index in [1.54, 1.807) is 18.2 Å². The fourth-order valence-corrected chi connectivity index (χ4v) is 3.38. The van der Waals surface area contributed by atoms with Crippen LogP contribution < -0.4 is 10.9 Å². The molecule has 0 unspecified atom stereocenters. The minimum absolute atomic E-state index is 0.0453. The van der Waals surface area contributed by atoms with Crippen LogP contribution in [-0.4, -0.2) is 55.0 Å². The second-order valence-electron chi connectivity index (χ2n) is 7.10. The molecular formula is C20H19FN6O4. The normalized spacial score (nSPS) is 13.9. The molecule has 3 heterocycles. The van der Waals surface area contributed by atoms with Crippen LogP contribution in [-0.2, 0) is 27.5 Å². The quantitative estimate of drug-likeness (QED) is 0.533. The highest BCUT2D eigenvalue weighted by Gasteiger charge is 2.30. The van der Waals surface area contributed by atoms with Gasteiger partial charge in [-0.2, -0.15) is 5.10 Å². The van der Waals surface area contributed by atoms with Crippen molar-refractivity contribution in [3.63, 3.8) is 0 Å². The highest BCUT2D eigenvalue weighted by molar-refractivity contribution is 6.04. The van der Waals surface area contributed by atoms with Crippen molar-refractivity contribution in [2.45, 2.75) is 25.9 Å². The van der Waals surface area contributed by atoms with E-state index in [9.17, 15) is 23.6 Å². The van der Waals surface area contributed by atoms with Crippen molar-refractivity contribution in [1.29, 1.82) is 0 Å². The molecule has 0 atom stereocenters. The van der Waals surface area contributed by atoms with Gasteiger partial charge in [0.15, 0.2) is 5.65 Å². The summed E-state index contributed by atoms with van der Waals surface area (Å²) in [6, 6.07) is 6.19. The lowest BCUT2D eigenvalue weighted by atomic mass is 10.2. The lowest BCUT2D eigenvalue weighted by Crippen LogP contribution is -2.40. The third-order valence-corrected chi connectivity index (χ3v) is 5.02. The number of rotatable bonds is 7. The minimum Gasteiger partial charge on any atom is -0.353 e. The Morgan fingerprint density at radius 1 is 1.13 bits per heavy atom. The fourth-order valence-electron chi connectivity index (χ4n) is 3.38. The van der Waals surface area contributed by atoms with Crippen LogP contribution in [0.3, 0.4) is 0 Å². The molecule has 11 heteroatoms. The molecule has 160 valence electrons. The van der Waals surface area contributed by atoms with E-state index in [2.05, 4.69) is 15.4 Å². The smallest absolute Gasteiger partial charge is 0.264 e. The summed E-state index contributed by atoms with van der Waals surface area (Å²) < 4.78 is 16.6. The number of carbonyl (C=O) groups excluding carboxylic acids is 3. The van der Waals surface area contributed by atoms with Gasteiger partial charge in [-0.3, -0.25) is 28.6 Å². The molecular weight excluding hydrogens is 407 g/mol. The Kier molecular flexibility index (Phi) is 5.56. The number of hydrogen-bond donors (Lipinski definition) is 1. The summed E-state index contributed by atoms with van der Waals surface area (Å²) >= 11 is 0. The molecule has 1 saturated heterocycles. The van der Waals surface area contributed by atoms with Gasteiger partial charge in [0.2, 0.25) is 17.7 Å². The topological polar surface area (TPSA) is 119 Å². The predicted octanol–water partition coefficient (Wildman–Crippen LogP) is 0.0456. The Bertz CT molecular complexity index is 1220. The average Bonchev–Trinajstić information content (AvgIpc) is 3.30. The standard InChI is InChI=1S/C20H19FN6O4/c21-15-4-2-1-3-13(15)10-25-12-23-19-14(20(25)31)9-24-27(19)8-7-22-16(28)11-26-17(29)5-6-18(26)30/h1-4,9,12H,5-8,10-11H2,(H,22,28). The second-order valence-corrected chi connectivity index (χ2v) is 7.10. The maximum atomic E-state index is 13.9. The summed E-state index contributed by atoms with van der Waals surface area (Å²) in [7, 11) is 0. The first kappa shape index (κ1) is 20.4. The lowest BCUT2D eigenvalue weighted by molar-refractivity contribution is -0.142. The summed E-state index contributed by atoms with van der Waals surface area (Å²) in [5.74, 6) is -1.57. The van der Waals surface area contributed by atoms with Crippen LogP contribution in [0, 0.1) is 5.82 Å². The van der Waals surface area contributed by atoms with Crippen LogP contribution in [0.4, 0.5) is 4.39 Å². The van der Waals surface area contributed by atoms with Gasteiger partial charge in [-0.1, -0.05) is 18.2 Å². The van der Waals surface area contributed by atoms with Gasteiger partial charge in [0.05, 0.1) is 19.3 Å². The number of likely N-dealkylation sites (tertiary alicyclic amines) is 1. The van der Waals surface area contributed by atoms with Crippen molar-refractivity contribution in [2.24, 2.45) is 0 Å². The van der Waals surface area contributed by atoms with Crippen LogP contribution >= 0.6 is 0 Å². The molecule has 1 fully saturated rings. The zero-order chi connectivity index (χ0) is 22.0. The highest BCUT2D eigenvalue weighted by atomic mass is 19.1. The number of hydrogen-bond acceptors (Lipinski definition) is 6. The molecule has 1 aliphatic rings. The molecule has 0 bridgehead atoms. The van der Waals surface area contributed by atoms with E-state index >= 15 is 0 Å². The minimum atomic E-state index is -0.458. The van der Waals surface area contributed by atoms with Gasteiger partial charge in [0.1, 0.15) is 24.1 Å². The van der Waals surface area contributed by atoms with Crippen molar-refractivity contribution in [1.82, 2.24) is 29.5 Å². The molecule has 1 aliphatic heterocycles. The average molecular weight is 426 g/mol. The second kappa shape index (κ2) is 8.46. The van der Waals surface area contributed by atoms with Gasteiger partial charge in [-0.25, -0.2) is 14.1 Å². The van der Waals surface area contributed by atoms with Crippen LogP contribution in [0.25, 0.3) is 11.0 Å². The molecule has 31 heavy (non-hydrogen) atoms. The number of halogens is 1.